The Hall–Kier alpha value is -2.12. The van der Waals surface area contributed by atoms with Crippen molar-refractivity contribution < 1.29 is 8.42 Å². The van der Waals surface area contributed by atoms with Crippen LogP contribution in [0.25, 0.3) is 0 Å². The third-order valence-electron chi connectivity index (χ3n) is 3.17. The first-order valence-electron chi connectivity index (χ1n) is 7.40. The SMILES string of the molecule is CN(C)CCCNc1ccc(NS(=O)(=O)c2ccccc2)nc1. The van der Waals surface area contributed by atoms with Crippen LogP contribution in [0.15, 0.2) is 53.6 Å². The number of hydrogen-bond acceptors (Lipinski definition) is 5. The normalized spacial score (nSPS) is 11.4. The molecule has 0 radical (unpaired) electrons. The summed E-state index contributed by atoms with van der Waals surface area (Å²) in [7, 11) is 0.479. The van der Waals surface area contributed by atoms with Crippen molar-refractivity contribution in [3.8, 4) is 0 Å². The van der Waals surface area contributed by atoms with Gasteiger partial charge in [0.15, 0.2) is 0 Å². The molecule has 0 amide bonds. The van der Waals surface area contributed by atoms with Gasteiger partial charge in [0.25, 0.3) is 10.0 Å². The van der Waals surface area contributed by atoms with E-state index >= 15 is 0 Å². The minimum absolute atomic E-state index is 0.215. The summed E-state index contributed by atoms with van der Waals surface area (Å²) in [5.74, 6) is 0.299. The van der Waals surface area contributed by atoms with E-state index in [0.717, 1.165) is 25.2 Å². The molecular formula is C16H22N4O2S. The molecule has 1 aromatic carbocycles. The van der Waals surface area contributed by atoms with Crippen LogP contribution in [-0.2, 0) is 10.0 Å². The predicted molar refractivity (Wildman–Crippen MR) is 93.1 cm³/mol. The summed E-state index contributed by atoms with van der Waals surface area (Å²) in [6.07, 6.45) is 2.65. The molecule has 0 spiro atoms. The van der Waals surface area contributed by atoms with E-state index in [0.29, 0.717) is 5.82 Å². The summed E-state index contributed by atoms with van der Waals surface area (Å²) in [5.41, 5.74) is 0.867. The van der Waals surface area contributed by atoms with E-state index in [-0.39, 0.29) is 4.90 Å². The van der Waals surface area contributed by atoms with Gasteiger partial charge in [0.1, 0.15) is 5.82 Å². The zero-order valence-electron chi connectivity index (χ0n) is 13.4. The Kier molecular flexibility index (Phi) is 5.95. The summed E-state index contributed by atoms with van der Waals surface area (Å²) >= 11 is 0. The quantitative estimate of drug-likeness (QED) is 0.724. The van der Waals surface area contributed by atoms with Crippen LogP contribution in [0.4, 0.5) is 11.5 Å². The predicted octanol–water partition coefficient (Wildman–Crippen LogP) is 2.25. The van der Waals surface area contributed by atoms with Gasteiger partial charge in [-0.3, -0.25) is 4.72 Å². The van der Waals surface area contributed by atoms with Crippen molar-refractivity contribution in [2.24, 2.45) is 0 Å². The second kappa shape index (κ2) is 7.94. The van der Waals surface area contributed by atoms with Crippen molar-refractivity contribution >= 4 is 21.5 Å². The van der Waals surface area contributed by atoms with Gasteiger partial charge in [-0.15, -0.1) is 0 Å². The number of sulfonamides is 1. The lowest BCUT2D eigenvalue weighted by Crippen LogP contribution is -2.16. The van der Waals surface area contributed by atoms with Gasteiger partial charge in [-0.05, 0) is 51.3 Å². The maximum absolute atomic E-state index is 12.2. The van der Waals surface area contributed by atoms with Crippen LogP contribution < -0.4 is 10.0 Å². The first-order chi connectivity index (χ1) is 11.0. The molecule has 0 atom stereocenters. The molecule has 2 N–H and O–H groups in total. The fourth-order valence-corrected chi connectivity index (χ4v) is 3.01. The third kappa shape index (κ3) is 5.54. The standard InChI is InChI=1S/C16H22N4O2S/c1-20(2)12-6-11-17-14-9-10-16(18-13-14)19-23(21,22)15-7-4-3-5-8-15/h3-5,7-10,13,17H,6,11-12H2,1-2H3,(H,18,19). The Bertz CT molecular complexity index is 701. The molecule has 124 valence electrons. The van der Waals surface area contributed by atoms with E-state index in [1.165, 1.54) is 0 Å². The van der Waals surface area contributed by atoms with Crippen LogP contribution in [0.5, 0.6) is 0 Å². The van der Waals surface area contributed by atoms with Gasteiger partial charge in [-0.25, -0.2) is 13.4 Å². The molecule has 0 saturated heterocycles. The number of nitrogens with zero attached hydrogens (tertiary/aromatic N) is 2. The van der Waals surface area contributed by atoms with E-state index in [1.54, 1.807) is 42.6 Å². The minimum Gasteiger partial charge on any atom is -0.384 e. The van der Waals surface area contributed by atoms with E-state index in [2.05, 4.69) is 19.9 Å². The molecule has 7 heteroatoms. The van der Waals surface area contributed by atoms with Crippen LogP contribution in [0.1, 0.15) is 6.42 Å². The van der Waals surface area contributed by atoms with Crippen molar-refractivity contribution in [1.29, 1.82) is 0 Å². The molecule has 0 saturated carbocycles. The highest BCUT2D eigenvalue weighted by Gasteiger charge is 2.13. The zero-order chi connectivity index (χ0) is 16.7. The highest BCUT2D eigenvalue weighted by atomic mass is 32.2. The maximum atomic E-state index is 12.2. The largest absolute Gasteiger partial charge is 0.384 e. The molecule has 1 aromatic heterocycles. The van der Waals surface area contributed by atoms with Crippen LogP contribution in [0.3, 0.4) is 0 Å². The van der Waals surface area contributed by atoms with Crippen molar-refractivity contribution in [3.63, 3.8) is 0 Å². The average Bonchev–Trinajstić information content (AvgIpc) is 2.53. The lowest BCUT2D eigenvalue weighted by molar-refractivity contribution is 0.405. The second-order valence-electron chi connectivity index (χ2n) is 5.43. The van der Waals surface area contributed by atoms with Gasteiger partial charge in [0.2, 0.25) is 0 Å². The number of hydrogen-bond donors (Lipinski definition) is 2. The molecule has 2 aromatic rings. The topological polar surface area (TPSA) is 74.3 Å². The molecule has 0 fully saturated rings. The summed E-state index contributed by atoms with van der Waals surface area (Å²) < 4.78 is 26.9. The Morgan fingerprint density at radius 1 is 1.09 bits per heavy atom. The minimum atomic E-state index is -3.60. The zero-order valence-corrected chi connectivity index (χ0v) is 14.2. The first kappa shape index (κ1) is 17.2. The number of nitrogens with one attached hydrogen (secondary N) is 2. The van der Waals surface area contributed by atoms with Gasteiger partial charge in [-0.1, -0.05) is 18.2 Å². The Morgan fingerprint density at radius 3 is 2.43 bits per heavy atom. The fourth-order valence-electron chi connectivity index (χ4n) is 1.98. The lowest BCUT2D eigenvalue weighted by Gasteiger charge is -2.11. The molecule has 0 aliphatic carbocycles. The maximum Gasteiger partial charge on any atom is 0.263 e. The first-order valence-corrected chi connectivity index (χ1v) is 8.88. The Labute approximate surface area is 137 Å². The van der Waals surface area contributed by atoms with Crippen LogP contribution in [-0.4, -0.2) is 45.5 Å². The van der Waals surface area contributed by atoms with Gasteiger partial charge in [0.05, 0.1) is 16.8 Å². The molecule has 0 aliphatic heterocycles. The second-order valence-corrected chi connectivity index (χ2v) is 7.12. The van der Waals surface area contributed by atoms with E-state index < -0.39 is 10.0 Å². The molecule has 0 aliphatic rings. The number of benzene rings is 1. The van der Waals surface area contributed by atoms with Gasteiger partial charge < -0.3 is 10.2 Å². The van der Waals surface area contributed by atoms with E-state index in [1.807, 2.05) is 20.2 Å². The third-order valence-corrected chi connectivity index (χ3v) is 4.54. The highest BCUT2D eigenvalue weighted by molar-refractivity contribution is 7.92. The number of rotatable bonds is 8. The number of pyridine rings is 1. The lowest BCUT2D eigenvalue weighted by atomic mass is 10.3. The van der Waals surface area contributed by atoms with Crippen molar-refractivity contribution in [3.05, 3.63) is 48.7 Å². The van der Waals surface area contributed by atoms with Crippen molar-refractivity contribution in [1.82, 2.24) is 9.88 Å². The molecule has 23 heavy (non-hydrogen) atoms. The average molecular weight is 334 g/mol. The Morgan fingerprint density at radius 2 is 1.83 bits per heavy atom. The molecule has 6 nitrogen and oxygen atoms in total. The van der Waals surface area contributed by atoms with Crippen molar-refractivity contribution in [2.45, 2.75) is 11.3 Å². The smallest absolute Gasteiger partial charge is 0.263 e. The summed E-state index contributed by atoms with van der Waals surface area (Å²) in [6.45, 7) is 1.85. The van der Waals surface area contributed by atoms with Crippen molar-refractivity contribution in [2.75, 3.05) is 37.2 Å². The Balaban J connectivity index is 1.92. The van der Waals surface area contributed by atoms with Crippen LogP contribution in [0.2, 0.25) is 0 Å². The molecular weight excluding hydrogens is 312 g/mol. The molecule has 0 bridgehead atoms. The summed E-state index contributed by atoms with van der Waals surface area (Å²) in [6, 6.07) is 11.7. The van der Waals surface area contributed by atoms with E-state index in [4.69, 9.17) is 0 Å². The van der Waals surface area contributed by atoms with Crippen LogP contribution in [0, 0.1) is 0 Å². The van der Waals surface area contributed by atoms with Gasteiger partial charge >= 0.3 is 0 Å². The van der Waals surface area contributed by atoms with Crippen LogP contribution >= 0.6 is 0 Å². The van der Waals surface area contributed by atoms with E-state index in [9.17, 15) is 8.42 Å². The number of aromatic nitrogens is 1. The summed E-state index contributed by atoms with van der Waals surface area (Å²) in [5, 5.41) is 3.26. The molecule has 2 rings (SSSR count). The number of anilines is 2. The fraction of sp³-hybridized carbons (Fsp3) is 0.312. The van der Waals surface area contributed by atoms with Gasteiger partial charge in [0, 0.05) is 6.54 Å². The van der Waals surface area contributed by atoms with Gasteiger partial charge in [-0.2, -0.15) is 0 Å². The highest BCUT2D eigenvalue weighted by Crippen LogP contribution is 2.15. The monoisotopic (exact) mass is 334 g/mol. The molecule has 0 unspecified atom stereocenters. The molecule has 1 heterocycles. The summed E-state index contributed by atoms with van der Waals surface area (Å²) in [4.78, 5) is 6.48.